The highest BCUT2D eigenvalue weighted by Crippen LogP contribution is 2.28. The minimum Gasteiger partial charge on any atom is -0.489 e. The van der Waals surface area contributed by atoms with Gasteiger partial charge in [0.1, 0.15) is 29.8 Å². The van der Waals surface area contributed by atoms with Gasteiger partial charge < -0.3 is 19.5 Å². The monoisotopic (exact) mass is 472 g/mol. The van der Waals surface area contributed by atoms with Crippen molar-refractivity contribution in [2.75, 3.05) is 0 Å². The summed E-state index contributed by atoms with van der Waals surface area (Å²) in [7, 11) is 0. The van der Waals surface area contributed by atoms with Crippen LogP contribution in [0.25, 0.3) is 5.57 Å². The molecular formula is C29H32N2O4. The van der Waals surface area contributed by atoms with Crippen LogP contribution in [-0.2, 0) is 11.3 Å². The van der Waals surface area contributed by atoms with Crippen molar-refractivity contribution in [2.24, 2.45) is 0 Å². The maximum atomic E-state index is 11.9. The van der Waals surface area contributed by atoms with Gasteiger partial charge in [-0.15, -0.1) is 0 Å². The molecule has 1 amide bonds. The van der Waals surface area contributed by atoms with Crippen molar-refractivity contribution in [1.82, 2.24) is 10.3 Å². The lowest BCUT2D eigenvalue weighted by Crippen LogP contribution is -2.50. The van der Waals surface area contributed by atoms with E-state index in [0.29, 0.717) is 12.4 Å². The first-order valence-corrected chi connectivity index (χ1v) is 11.8. The molecule has 182 valence electrons. The van der Waals surface area contributed by atoms with Crippen LogP contribution in [-0.4, -0.2) is 28.8 Å². The van der Waals surface area contributed by atoms with Gasteiger partial charge in [-0.2, -0.15) is 0 Å². The summed E-state index contributed by atoms with van der Waals surface area (Å²) in [5.74, 6) is 1.51. The Bertz CT molecular complexity index is 1130. The Morgan fingerprint density at radius 2 is 1.69 bits per heavy atom. The van der Waals surface area contributed by atoms with Gasteiger partial charge in [0, 0.05) is 24.5 Å². The summed E-state index contributed by atoms with van der Waals surface area (Å²) in [6.07, 6.45) is 2.86. The Balaban J connectivity index is 1.23. The van der Waals surface area contributed by atoms with Crippen LogP contribution in [0.5, 0.6) is 11.5 Å². The number of nitrogens with zero attached hydrogens (tertiary/aromatic N) is 1. The van der Waals surface area contributed by atoms with Crippen molar-refractivity contribution in [1.29, 1.82) is 0 Å². The van der Waals surface area contributed by atoms with E-state index in [0.717, 1.165) is 41.0 Å². The molecule has 4 rings (SSSR count). The topological polar surface area (TPSA) is 69.7 Å². The number of pyridine rings is 1. The Kier molecular flexibility index (Phi) is 7.39. The van der Waals surface area contributed by atoms with E-state index in [9.17, 15) is 4.79 Å². The second-order valence-electron chi connectivity index (χ2n) is 9.71. The number of carbonyl (C=O) groups excluding carboxylic acids is 1. The molecule has 1 saturated carbocycles. The molecular weight excluding hydrogens is 440 g/mol. The maximum absolute atomic E-state index is 11.9. The summed E-state index contributed by atoms with van der Waals surface area (Å²) in [6.45, 7) is 10.3. The van der Waals surface area contributed by atoms with Gasteiger partial charge in [0.25, 0.3) is 0 Å². The van der Waals surface area contributed by atoms with Gasteiger partial charge in [0.15, 0.2) is 0 Å². The molecule has 1 aliphatic carbocycles. The fourth-order valence-electron chi connectivity index (χ4n) is 3.72. The van der Waals surface area contributed by atoms with E-state index < -0.39 is 5.60 Å². The summed E-state index contributed by atoms with van der Waals surface area (Å²) >= 11 is 0. The van der Waals surface area contributed by atoms with E-state index in [-0.39, 0.29) is 18.2 Å². The predicted octanol–water partition coefficient (Wildman–Crippen LogP) is 6.16. The maximum Gasteiger partial charge on any atom is 0.407 e. The molecule has 0 saturated heterocycles. The van der Waals surface area contributed by atoms with Crippen molar-refractivity contribution >= 4 is 11.7 Å². The van der Waals surface area contributed by atoms with E-state index in [1.165, 1.54) is 0 Å². The van der Waals surface area contributed by atoms with Crippen LogP contribution in [0.3, 0.4) is 0 Å². The lowest BCUT2D eigenvalue weighted by molar-refractivity contribution is 0.0362. The van der Waals surface area contributed by atoms with Crippen LogP contribution in [0, 0.1) is 0 Å². The van der Waals surface area contributed by atoms with Crippen LogP contribution in [0.15, 0.2) is 79.5 Å². The average molecular weight is 473 g/mol. The van der Waals surface area contributed by atoms with Crippen LogP contribution in [0.2, 0.25) is 0 Å². The molecule has 0 aliphatic heterocycles. The molecule has 0 radical (unpaired) electrons. The number of amides is 1. The van der Waals surface area contributed by atoms with Gasteiger partial charge in [0.2, 0.25) is 0 Å². The zero-order valence-electron chi connectivity index (χ0n) is 20.5. The first-order chi connectivity index (χ1) is 16.7. The van der Waals surface area contributed by atoms with Gasteiger partial charge in [-0.25, -0.2) is 4.79 Å². The molecule has 35 heavy (non-hydrogen) atoms. The Morgan fingerprint density at radius 3 is 2.31 bits per heavy atom. The smallest absolute Gasteiger partial charge is 0.407 e. The summed E-state index contributed by atoms with van der Waals surface area (Å²) in [4.78, 5) is 16.4. The molecule has 0 bridgehead atoms. The number of carbonyl (C=O) groups is 1. The average Bonchev–Trinajstić information content (AvgIpc) is 2.81. The Morgan fingerprint density at radius 1 is 1.00 bits per heavy atom. The fraction of sp³-hybridized carbons (Fsp3) is 0.310. The van der Waals surface area contributed by atoms with E-state index >= 15 is 0 Å². The minimum atomic E-state index is -0.501. The number of aromatic nitrogens is 1. The van der Waals surface area contributed by atoms with Crippen molar-refractivity contribution in [2.45, 2.75) is 58.0 Å². The number of benzene rings is 2. The quantitative estimate of drug-likeness (QED) is 0.425. The standard InChI is InChI=1S/C29H32N2O4/c1-20(22-10-12-24(13-11-22)33-19-21-8-6-5-7-9-21)27-15-14-25(18-30-27)34-26-16-23(17-26)31-28(32)35-29(2,3)4/h5-15,18,23,26H,1,16-17,19H2,2-4H3,(H,31,32)/t23-,26-. The van der Waals surface area contributed by atoms with Gasteiger partial charge in [-0.05, 0) is 56.2 Å². The highest BCUT2D eigenvalue weighted by molar-refractivity contribution is 5.76. The number of rotatable bonds is 8. The lowest BCUT2D eigenvalue weighted by atomic mass is 9.89. The number of ether oxygens (including phenoxy) is 3. The molecule has 1 aliphatic rings. The number of alkyl carbamates (subject to hydrolysis) is 1. The number of nitrogens with one attached hydrogen (secondary N) is 1. The summed E-state index contributed by atoms with van der Waals surface area (Å²) in [6, 6.07) is 21.8. The number of hydrogen-bond donors (Lipinski definition) is 1. The summed E-state index contributed by atoms with van der Waals surface area (Å²) in [5, 5.41) is 2.87. The van der Waals surface area contributed by atoms with Crippen molar-refractivity contribution in [3.8, 4) is 11.5 Å². The first-order valence-electron chi connectivity index (χ1n) is 11.8. The molecule has 1 fully saturated rings. The molecule has 3 aromatic rings. The zero-order valence-corrected chi connectivity index (χ0v) is 20.5. The van der Waals surface area contributed by atoms with Crippen LogP contribution in [0.1, 0.15) is 50.4 Å². The van der Waals surface area contributed by atoms with Crippen LogP contribution in [0.4, 0.5) is 4.79 Å². The van der Waals surface area contributed by atoms with Gasteiger partial charge in [-0.1, -0.05) is 49.0 Å². The van der Waals surface area contributed by atoms with Crippen molar-refractivity contribution in [3.63, 3.8) is 0 Å². The third-order valence-corrected chi connectivity index (χ3v) is 5.62. The molecule has 0 atom stereocenters. The third kappa shape index (κ3) is 7.09. The van der Waals surface area contributed by atoms with E-state index in [1.54, 1.807) is 6.20 Å². The molecule has 1 heterocycles. The van der Waals surface area contributed by atoms with Gasteiger partial charge in [0.05, 0.1) is 11.9 Å². The molecule has 0 unspecified atom stereocenters. The van der Waals surface area contributed by atoms with Crippen LogP contribution < -0.4 is 14.8 Å². The van der Waals surface area contributed by atoms with Gasteiger partial charge in [-0.3, -0.25) is 4.98 Å². The van der Waals surface area contributed by atoms with Crippen LogP contribution >= 0.6 is 0 Å². The summed E-state index contributed by atoms with van der Waals surface area (Å²) < 4.78 is 17.1. The Hall–Kier alpha value is -3.80. The summed E-state index contributed by atoms with van der Waals surface area (Å²) in [5.41, 5.74) is 3.22. The number of hydrogen-bond acceptors (Lipinski definition) is 5. The molecule has 2 aromatic carbocycles. The lowest BCUT2D eigenvalue weighted by Gasteiger charge is -2.36. The fourth-order valence-corrected chi connectivity index (χ4v) is 3.72. The minimum absolute atomic E-state index is 0.0502. The largest absolute Gasteiger partial charge is 0.489 e. The van der Waals surface area contributed by atoms with E-state index in [4.69, 9.17) is 14.2 Å². The van der Waals surface area contributed by atoms with E-state index in [2.05, 4.69) is 16.9 Å². The Labute approximate surface area is 207 Å². The van der Waals surface area contributed by atoms with Crippen molar-refractivity contribution in [3.05, 3.63) is 96.3 Å². The highest BCUT2D eigenvalue weighted by atomic mass is 16.6. The zero-order chi connectivity index (χ0) is 24.8. The second kappa shape index (κ2) is 10.6. The predicted molar refractivity (Wildman–Crippen MR) is 136 cm³/mol. The van der Waals surface area contributed by atoms with Gasteiger partial charge >= 0.3 is 6.09 Å². The molecule has 0 spiro atoms. The molecule has 1 N–H and O–H groups in total. The SMILES string of the molecule is C=C(c1ccc(OCc2ccccc2)cc1)c1ccc(O[C@H]2C[C@H](NC(=O)OC(C)(C)C)C2)cn1. The van der Waals surface area contributed by atoms with Crippen molar-refractivity contribution < 1.29 is 19.0 Å². The normalized spacial score (nSPS) is 17.1. The first kappa shape index (κ1) is 24.3. The third-order valence-electron chi connectivity index (χ3n) is 5.62. The molecule has 6 nitrogen and oxygen atoms in total. The van der Waals surface area contributed by atoms with E-state index in [1.807, 2.05) is 87.5 Å². The highest BCUT2D eigenvalue weighted by Gasteiger charge is 2.33. The molecule has 6 heteroatoms. The second-order valence-corrected chi connectivity index (χ2v) is 9.71. The molecule has 1 aromatic heterocycles.